The second-order valence-electron chi connectivity index (χ2n) is 8.57. The molecule has 0 spiro atoms. The monoisotopic (exact) mass is 364 g/mol. The number of Topliss-reactive ketones (excluding diaryl/α,β-unsaturated/α-hetero) is 1. The van der Waals surface area contributed by atoms with Crippen LogP contribution < -0.4 is 10.6 Å². The summed E-state index contributed by atoms with van der Waals surface area (Å²) in [7, 11) is 0. The number of aryl methyl sites for hydroxylation is 2. The van der Waals surface area contributed by atoms with Crippen LogP contribution in [0.5, 0.6) is 0 Å². The number of benzene rings is 2. The van der Waals surface area contributed by atoms with Crippen LogP contribution in [0.1, 0.15) is 49.4 Å². The third-order valence-corrected chi connectivity index (χ3v) is 5.63. The Hall–Kier alpha value is -2.62. The van der Waals surface area contributed by atoms with Crippen LogP contribution in [-0.4, -0.2) is 5.78 Å². The molecule has 1 aliphatic carbocycles. The van der Waals surface area contributed by atoms with E-state index < -0.39 is 0 Å². The highest BCUT2D eigenvalue weighted by atomic mass is 19.1. The highest BCUT2D eigenvalue weighted by Crippen LogP contribution is 2.45. The summed E-state index contributed by atoms with van der Waals surface area (Å²) in [6.45, 7) is 8.42. The van der Waals surface area contributed by atoms with Gasteiger partial charge in [-0.2, -0.15) is 0 Å². The van der Waals surface area contributed by atoms with Crippen LogP contribution in [0.3, 0.4) is 0 Å². The lowest BCUT2D eigenvalue weighted by molar-refractivity contribution is -0.118. The van der Waals surface area contributed by atoms with Crippen molar-refractivity contribution >= 4 is 17.2 Å². The van der Waals surface area contributed by atoms with Crippen molar-refractivity contribution in [2.45, 2.75) is 46.6 Å². The van der Waals surface area contributed by atoms with E-state index in [4.69, 9.17) is 0 Å². The molecule has 0 saturated heterocycles. The molecule has 4 rings (SSSR count). The van der Waals surface area contributed by atoms with Crippen molar-refractivity contribution in [2.75, 3.05) is 10.6 Å². The number of hydrogen-bond donors (Lipinski definition) is 2. The summed E-state index contributed by atoms with van der Waals surface area (Å²) in [5.41, 5.74) is 6.89. The number of carbonyl (C=O) groups is 1. The van der Waals surface area contributed by atoms with Gasteiger partial charge in [-0.15, -0.1) is 0 Å². The Morgan fingerprint density at radius 3 is 2.30 bits per heavy atom. The number of fused-ring (bicyclic) bond motifs is 1. The number of allylic oxidation sites excluding steroid dienone is 1. The third-order valence-electron chi connectivity index (χ3n) is 5.63. The molecule has 1 unspecified atom stereocenters. The molecule has 0 aromatic heterocycles. The van der Waals surface area contributed by atoms with E-state index in [-0.39, 0.29) is 23.1 Å². The van der Waals surface area contributed by atoms with Gasteiger partial charge in [0.25, 0.3) is 0 Å². The van der Waals surface area contributed by atoms with Gasteiger partial charge in [-0.25, -0.2) is 4.39 Å². The zero-order chi connectivity index (χ0) is 19.3. The third kappa shape index (κ3) is 3.25. The van der Waals surface area contributed by atoms with Crippen molar-refractivity contribution in [3.05, 3.63) is 70.2 Å². The van der Waals surface area contributed by atoms with Gasteiger partial charge >= 0.3 is 0 Å². The summed E-state index contributed by atoms with van der Waals surface area (Å²) >= 11 is 0. The Morgan fingerprint density at radius 1 is 1.00 bits per heavy atom. The minimum Gasteiger partial charge on any atom is -0.372 e. The van der Waals surface area contributed by atoms with Crippen LogP contribution in [0.2, 0.25) is 0 Å². The van der Waals surface area contributed by atoms with Gasteiger partial charge in [0, 0.05) is 17.7 Å². The van der Waals surface area contributed by atoms with Gasteiger partial charge in [-0.05, 0) is 66.6 Å². The number of halogens is 1. The molecule has 3 nitrogen and oxygen atoms in total. The minimum absolute atomic E-state index is 0.0828. The fraction of sp³-hybridized carbons (Fsp3) is 0.348. The molecule has 2 aromatic carbocycles. The minimum atomic E-state index is -0.292. The van der Waals surface area contributed by atoms with Crippen LogP contribution >= 0.6 is 0 Å². The SMILES string of the molecule is Cc1cc2c(cc1C)NC(c1ccc(F)cc1)C1=C(CC(C)(C)CC1=O)N2. The Kier molecular flexibility index (Phi) is 4.10. The number of rotatable bonds is 1. The molecular weight excluding hydrogens is 339 g/mol. The summed E-state index contributed by atoms with van der Waals surface area (Å²) in [6.07, 6.45) is 1.32. The van der Waals surface area contributed by atoms with Crippen LogP contribution in [0.25, 0.3) is 0 Å². The maximum absolute atomic E-state index is 13.5. The molecule has 2 aromatic rings. The summed E-state index contributed by atoms with van der Waals surface area (Å²) < 4.78 is 13.5. The van der Waals surface area contributed by atoms with Crippen LogP contribution in [0.4, 0.5) is 15.8 Å². The summed E-state index contributed by atoms with van der Waals surface area (Å²) in [5, 5.41) is 7.11. The molecule has 0 saturated carbocycles. The van der Waals surface area contributed by atoms with E-state index in [0.717, 1.165) is 34.6 Å². The van der Waals surface area contributed by atoms with Crippen molar-refractivity contribution < 1.29 is 9.18 Å². The highest BCUT2D eigenvalue weighted by molar-refractivity contribution is 6.01. The molecule has 0 radical (unpaired) electrons. The Morgan fingerprint density at radius 2 is 1.63 bits per heavy atom. The fourth-order valence-electron chi connectivity index (χ4n) is 4.12. The van der Waals surface area contributed by atoms with E-state index in [9.17, 15) is 9.18 Å². The number of ketones is 1. The zero-order valence-electron chi connectivity index (χ0n) is 16.2. The van der Waals surface area contributed by atoms with Crippen LogP contribution in [0.15, 0.2) is 47.7 Å². The average Bonchev–Trinajstić information content (AvgIpc) is 2.71. The zero-order valence-corrected chi connectivity index (χ0v) is 16.2. The highest BCUT2D eigenvalue weighted by Gasteiger charge is 2.38. The van der Waals surface area contributed by atoms with Gasteiger partial charge < -0.3 is 10.6 Å². The van der Waals surface area contributed by atoms with E-state index >= 15 is 0 Å². The first-order valence-electron chi connectivity index (χ1n) is 9.40. The predicted molar refractivity (Wildman–Crippen MR) is 107 cm³/mol. The molecule has 0 amide bonds. The normalized spacial score (nSPS) is 20.9. The van der Waals surface area contributed by atoms with E-state index in [1.54, 1.807) is 12.1 Å². The van der Waals surface area contributed by atoms with Crippen molar-refractivity contribution in [1.29, 1.82) is 0 Å². The molecule has 140 valence electrons. The molecule has 0 fully saturated rings. The van der Waals surface area contributed by atoms with Crippen molar-refractivity contribution in [3.8, 4) is 0 Å². The first-order chi connectivity index (χ1) is 12.7. The van der Waals surface area contributed by atoms with Gasteiger partial charge in [0.05, 0.1) is 17.4 Å². The quantitative estimate of drug-likeness (QED) is 0.685. The van der Waals surface area contributed by atoms with Gasteiger partial charge in [0.2, 0.25) is 0 Å². The predicted octanol–water partition coefficient (Wildman–Crippen LogP) is 5.66. The molecular formula is C23H25FN2O. The first kappa shape index (κ1) is 17.8. The summed E-state index contributed by atoms with van der Waals surface area (Å²) in [4.78, 5) is 13.1. The standard InChI is InChI=1S/C23H25FN2O/c1-13-9-17-18(10-14(13)2)26-22(15-5-7-16(24)8-6-15)21-19(25-17)11-23(3,4)12-20(21)27/h5-10,22,25-26H,11-12H2,1-4H3. The Bertz CT molecular complexity index is 957. The number of carbonyl (C=O) groups excluding carboxylic acids is 1. The average molecular weight is 364 g/mol. The lowest BCUT2D eigenvalue weighted by atomic mass is 9.73. The first-order valence-corrected chi connectivity index (χ1v) is 9.40. The van der Waals surface area contributed by atoms with Gasteiger partial charge in [0.15, 0.2) is 5.78 Å². The smallest absolute Gasteiger partial charge is 0.163 e. The molecule has 2 aliphatic rings. The van der Waals surface area contributed by atoms with Crippen molar-refractivity contribution in [1.82, 2.24) is 0 Å². The fourth-order valence-corrected chi connectivity index (χ4v) is 4.12. The maximum Gasteiger partial charge on any atom is 0.163 e. The molecule has 1 aliphatic heterocycles. The number of anilines is 2. The molecule has 27 heavy (non-hydrogen) atoms. The van der Waals surface area contributed by atoms with E-state index in [2.05, 4.69) is 50.5 Å². The van der Waals surface area contributed by atoms with E-state index in [1.807, 2.05) is 0 Å². The molecule has 4 heteroatoms. The summed E-state index contributed by atoms with van der Waals surface area (Å²) in [5.74, 6) is -0.125. The largest absolute Gasteiger partial charge is 0.372 e. The van der Waals surface area contributed by atoms with Crippen LogP contribution in [0, 0.1) is 25.1 Å². The molecule has 2 N–H and O–H groups in total. The Balaban J connectivity index is 1.90. The maximum atomic E-state index is 13.5. The second-order valence-corrected chi connectivity index (χ2v) is 8.57. The van der Waals surface area contributed by atoms with Crippen LogP contribution in [-0.2, 0) is 4.79 Å². The molecule has 1 atom stereocenters. The van der Waals surface area contributed by atoms with Gasteiger partial charge in [0.1, 0.15) is 5.82 Å². The second kappa shape index (κ2) is 6.22. The van der Waals surface area contributed by atoms with Gasteiger partial charge in [-0.3, -0.25) is 4.79 Å². The van der Waals surface area contributed by atoms with E-state index in [0.29, 0.717) is 6.42 Å². The Labute approximate surface area is 159 Å². The van der Waals surface area contributed by atoms with Crippen molar-refractivity contribution in [2.24, 2.45) is 5.41 Å². The van der Waals surface area contributed by atoms with Gasteiger partial charge in [-0.1, -0.05) is 26.0 Å². The molecule has 0 bridgehead atoms. The lowest BCUT2D eigenvalue weighted by Gasteiger charge is -2.34. The summed E-state index contributed by atoms with van der Waals surface area (Å²) in [6, 6.07) is 10.4. The van der Waals surface area contributed by atoms with Crippen molar-refractivity contribution in [3.63, 3.8) is 0 Å². The van der Waals surface area contributed by atoms with E-state index in [1.165, 1.54) is 23.3 Å². The number of hydrogen-bond acceptors (Lipinski definition) is 3. The molecule has 1 heterocycles. The lowest BCUT2D eigenvalue weighted by Crippen LogP contribution is -2.31. The topological polar surface area (TPSA) is 41.1 Å². The number of nitrogens with one attached hydrogen (secondary N) is 2.